The number of benzene rings is 2. The van der Waals surface area contributed by atoms with E-state index in [-0.39, 0.29) is 30.2 Å². The number of amides is 2. The molecule has 2 aromatic carbocycles. The summed E-state index contributed by atoms with van der Waals surface area (Å²) >= 11 is 0. The second-order valence-electron chi connectivity index (χ2n) is 11.1. The van der Waals surface area contributed by atoms with Crippen LogP contribution in [0.25, 0.3) is 22.6 Å². The number of piperidine rings is 1. The summed E-state index contributed by atoms with van der Waals surface area (Å²) in [5, 5.41) is 15.6. The lowest BCUT2D eigenvalue weighted by Gasteiger charge is -2.35. The molecule has 218 valence electrons. The number of nitrogens with one attached hydrogen (secondary N) is 1. The average molecular weight is 581 g/mol. The molecule has 1 saturated carbocycles. The molecule has 0 radical (unpaired) electrons. The van der Waals surface area contributed by atoms with Crippen molar-refractivity contribution in [3.8, 4) is 11.5 Å². The van der Waals surface area contributed by atoms with E-state index in [2.05, 4.69) is 42.8 Å². The van der Waals surface area contributed by atoms with Crippen LogP contribution in [-0.2, 0) is 4.79 Å². The van der Waals surface area contributed by atoms with Crippen LogP contribution < -0.4 is 5.32 Å². The van der Waals surface area contributed by atoms with Crippen molar-refractivity contribution >= 4 is 28.6 Å². The average Bonchev–Trinajstić information content (AvgIpc) is 3.39. The lowest BCUT2D eigenvalue weighted by Crippen LogP contribution is -2.41. The van der Waals surface area contributed by atoms with Gasteiger partial charge < -0.3 is 14.6 Å². The van der Waals surface area contributed by atoms with E-state index in [0.29, 0.717) is 52.8 Å². The van der Waals surface area contributed by atoms with E-state index in [1.807, 2.05) is 30.0 Å². The van der Waals surface area contributed by atoms with Crippen LogP contribution >= 0.6 is 0 Å². The Morgan fingerprint density at radius 3 is 2.58 bits per heavy atom. The van der Waals surface area contributed by atoms with E-state index in [1.165, 1.54) is 0 Å². The predicted molar refractivity (Wildman–Crippen MR) is 155 cm³/mol. The van der Waals surface area contributed by atoms with Gasteiger partial charge in [0.2, 0.25) is 11.8 Å². The van der Waals surface area contributed by atoms with Crippen LogP contribution in [0.2, 0.25) is 0 Å². The summed E-state index contributed by atoms with van der Waals surface area (Å²) in [4.78, 5) is 38.1. The van der Waals surface area contributed by atoms with Gasteiger partial charge >= 0.3 is 0 Å². The number of nitrogens with zero attached hydrogens (tertiary/aromatic N) is 7. The number of likely N-dealkylation sites (tertiary alicyclic amines) is 1. The Balaban J connectivity index is 1.05. The SMILES string of the molecule is Cc1nnn(C(c2ccccc2)C2CCN(C(=O)c3cc(-c4nc5cc(NC(=O)[C@H]6C[C@H]6F)ccc5o4)ccn3)CC2)n1. The van der Waals surface area contributed by atoms with E-state index in [0.717, 1.165) is 18.4 Å². The Morgan fingerprint density at radius 2 is 1.86 bits per heavy atom. The zero-order valence-corrected chi connectivity index (χ0v) is 23.4. The Bertz CT molecular complexity index is 1800. The molecule has 0 bridgehead atoms. The summed E-state index contributed by atoms with van der Waals surface area (Å²) < 4.78 is 19.2. The van der Waals surface area contributed by atoms with Gasteiger partial charge in [-0.2, -0.15) is 4.80 Å². The van der Waals surface area contributed by atoms with Gasteiger partial charge in [0, 0.05) is 30.5 Å². The van der Waals surface area contributed by atoms with E-state index in [9.17, 15) is 14.0 Å². The number of hydrogen-bond donors (Lipinski definition) is 1. The number of alkyl halides is 1. The van der Waals surface area contributed by atoms with Gasteiger partial charge in [-0.3, -0.25) is 14.6 Å². The molecule has 3 aromatic heterocycles. The van der Waals surface area contributed by atoms with Crippen LogP contribution in [-0.4, -0.2) is 66.2 Å². The highest BCUT2D eigenvalue weighted by molar-refractivity contribution is 5.96. The van der Waals surface area contributed by atoms with E-state index in [4.69, 9.17) is 4.42 Å². The molecule has 2 amide bonds. The Kier molecular flexibility index (Phi) is 6.88. The van der Waals surface area contributed by atoms with Crippen molar-refractivity contribution in [2.45, 2.75) is 38.4 Å². The van der Waals surface area contributed by atoms with E-state index in [1.54, 1.807) is 41.3 Å². The van der Waals surface area contributed by atoms with Crippen molar-refractivity contribution in [2.75, 3.05) is 18.4 Å². The number of halogens is 1. The summed E-state index contributed by atoms with van der Waals surface area (Å²) in [6.07, 6.45) is 2.33. The normalized spacial score (nSPS) is 19.3. The maximum atomic E-state index is 13.5. The molecule has 43 heavy (non-hydrogen) atoms. The predicted octanol–water partition coefficient (Wildman–Crippen LogP) is 4.62. The van der Waals surface area contributed by atoms with E-state index >= 15 is 0 Å². The van der Waals surface area contributed by atoms with Crippen LogP contribution in [0.3, 0.4) is 0 Å². The first-order valence-electron chi connectivity index (χ1n) is 14.4. The summed E-state index contributed by atoms with van der Waals surface area (Å²) in [5.41, 5.74) is 3.63. The number of carbonyl (C=O) groups is 2. The molecule has 5 aromatic rings. The van der Waals surface area contributed by atoms with Crippen molar-refractivity contribution < 1.29 is 18.4 Å². The summed E-state index contributed by atoms with van der Waals surface area (Å²) in [7, 11) is 0. The van der Waals surface area contributed by atoms with Gasteiger partial charge in [-0.25, -0.2) is 9.37 Å². The third kappa shape index (κ3) is 5.47. The molecule has 0 spiro atoms. The summed E-state index contributed by atoms with van der Waals surface area (Å²) in [5.74, 6) is 0.117. The number of aromatic nitrogens is 6. The van der Waals surface area contributed by atoms with Gasteiger partial charge in [-0.1, -0.05) is 30.3 Å². The first-order valence-corrected chi connectivity index (χ1v) is 14.4. The molecule has 4 heterocycles. The number of fused-ring (bicyclic) bond motifs is 1. The molecule has 12 heteroatoms. The largest absolute Gasteiger partial charge is 0.436 e. The topological polar surface area (TPSA) is 132 Å². The van der Waals surface area contributed by atoms with Gasteiger partial charge in [-0.05, 0) is 73.2 Å². The van der Waals surface area contributed by atoms with E-state index < -0.39 is 12.1 Å². The maximum absolute atomic E-state index is 13.5. The Hall–Kier alpha value is -5.00. The highest BCUT2D eigenvalue weighted by atomic mass is 19.1. The molecule has 1 aliphatic heterocycles. The molecule has 1 unspecified atom stereocenters. The van der Waals surface area contributed by atoms with Crippen molar-refractivity contribution in [1.82, 2.24) is 35.1 Å². The molecule has 3 atom stereocenters. The van der Waals surface area contributed by atoms with Crippen LogP contribution in [0.4, 0.5) is 10.1 Å². The fourth-order valence-electron chi connectivity index (χ4n) is 5.72. The quantitative estimate of drug-likeness (QED) is 0.295. The fraction of sp³-hybridized carbons (Fsp3) is 0.323. The summed E-state index contributed by atoms with van der Waals surface area (Å²) in [6.45, 7) is 2.98. The summed E-state index contributed by atoms with van der Waals surface area (Å²) in [6, 6.07) is 18.6. The second-order valence-corrected chi connectivity index (χ2v) is 11.1. The number of rotatable bonds is 7. The third-order valence-corrected chi connectivity index (χ3v) is 8.12. The van der Waals surface area contributed by atoms with Crippen LogP contribution in [0.1, 0.15) is 47.2 Å². The molecular weight excluding hydrogens is 551 g/mol. The van der Waals surface area contributed by atoms with Crippen LogP contribution in [0, 0.1) is 18.8 Å². The highest BCUT2D eigenvalue weighted by Crippen LogP contribution is 2.36. The minimum Gasteiger partial charge on any atom is -0.436 e. The van der Waals surface area contributed by atoms with Gasteiger partial charge in [0.05, 0.1) is 5.92 Å². The molecule has 1 saturated heterocycles. The lowest BCUT2D eigenvalue weighted by atomic mass is 9.85. The number of oxazole rings is 1. The minimum absolute atomic E-state index is 0.0663. The molecular formula is C31H29FN8O3. The number of carbonyl (C=O) groups excluding carboxylic acids is 2. The first-order chi connectivity index (χ1) is 20.9. The molecule has 1 N–H and O–H groups in total. The first kappa shape index (κ1) is 26.9. The fourth-order valence-corrected chi connectivity index (χ4v) is 5.72. The van der Waals surface area contributed by atoms with Gasteiger partial charge in [0.1, 0.15) is 23.4 Å². The number of anilines is 1. The smallest absolute Gasteiger partial charge is 0.272 e. The number of hydrogen-bond acceptors (Lipinski definition) is 8. The Morgan fingerprint density at radius 1 is 1.07 bits per heavy atom. The van der Waals surface area contributed by atoms with Gasteiger partial charge in [0.15, 0.2) is 11.4 Å². The number of aryl methyl sites for hydroxylation is 1. The van der Waals surface area contributed by atoms with Crippen molar-refractivity contribution in [3.63, 3.8) is 0 Å². The zero-order valence-electron chi connectivity index (χ0n) is 23.4. The number of tetrazole rings is 1. The highest BCUT2D eigenvalue weighted by Gasteiger charge is 2.43. The standard InChI is InChI=1S/C31H29FN8O3/c1-18-36-38-40(37-18)28(19-5-3-2-4-6-19)20-10-13-39(14-11-20)31(42)26-15-21(9-12-33-26)30-35-25-16-22(7-8-27(25)43-30)34-29(41)23-17-24(23)32/h2-9,12,15-16,20,23-24,28H,10-11,13-14,17H2,1H3,(H,34,41)/t23-,24+,28?/m0/s1. The zero-order chi connectivity index (χ0) is 29.5. The Labute approximate surface area is 246 Å². The molecule has 7 rings (SSSR count). The van der Waals surface area contributed by atoms with Crippen LogP contribution in [0.5, 0.6) is 0 Å². The van der Waals surface area contributed by atoms with Crippen molar-refractivity contribution in [2.24, 2.45) is 11.8 Å². The second kappa shape index (κ2) is 11.0. The minimum atomic E-state index is -1.06. The van der Waals surface area contributed by atoms with Crippen molar-refractivity contribution in [3.05, 3.63) is 83.9 Å². The lowest BCUT2D eigenvalue weighted by molar-refractivity contribution is -0.117. The maximum Gasteiger partial charge on any atom is 0.272 e. The monoisotopic (exact) mass is 580 g/mol. The van der Waals surface area contributed by atoms with Gasteiger partial charge in [-0.15, -0.1) is 10.2 Å². The molecule has 2 aliphatic rings. The third-order valence-electron chi connectivity index (χ3n) is 8.12. The van der Waals surface area contributed by atoms with Crippen molar-refractivity contribution in [1.29, 1.82) is 0 Å². The number of pyridine rings is 1. The molecule has 1 aliphatic carbocycles. The molecule has 2 fully saturated rings. The van der Waals surface area contributed by atoms with Gasteiger partial charge in [0.25, 0.3) is 5.91 Å². The van der Waals surface area contributed by atoms with Crippen LogP contribution in [0.15, 0.2) is 71.3 Å². The molecule has 11 nitrogen and oxygen atoms in total.